The fraction of sp³-hybridized carbons (Fsp3) is 0.278. The summed E-state index contributed by atoms with van der Waals surface area (Å²) in [6, 6.07) is 15.0. The van der Waals surface area contributed by atoms with Crippen molar-refractivity contribution in [3.8, 4) is 11.5 Å². The van der Waals surface area contributed by atoms with Crippen molar-refractivity contribution < 1.29 is 14.3 Å². The summed E-state index contributed by atoms with van der Waals surface area (Å²) >= 11 is 3.35. The first-order valence-corrected chi connectivity index (χ1v) is 8.20. The number of hydrogen-bond donors (Lipinski definition) is 1. The molecule has 0 aliphatic carbocycles. The standard InChI is InChI=1S/C18H20BrNO3/c1-13-5-3-4-6-17(13)23-11-14(2)20-18(21)12-22-16-9-7-15(19)8-10-16/h3-10,14H,11-12H2,1-2H3,(H,20,21)/t14-/m1/s1. The summed E-state index contributed by atoms with van der Waals surface area (Å²) in [4.78, 5) is 11.9. The van der Waals surface area contributed by atoms with Gasteiger partial charge in [0.1, 0.15) is 18.1 Å². The molecule has 0 saturated carbocycles. The maximum Gasteiger partial charge on any atom is 0.258 e. The van der Waals surface area contributed by atoms with Gasteiger partial charge in [0.2, 0.25) is 0 Å². The average molecular weight is 378 g/mol. The smallest absolute Gasteiger partial charge is 0.258 e. The van der Waals surface area contributed by atoms with Gasteiger partial charge in [-0.05, 0) is 49.7 Å². The summed E-state index contributed by atoms with van der Waals surface area (Å²) in [5.41, 5.74) is 1.07. The molecule has 0 aliphatic heterocycles. The molecule has 0 aliphatic rings. The zero-order chi connectivity index (χ0) is 16.7. The first kappa shape index (κ1) is 17.3. The second-order valence-corrected chi connectivity index (χ2v) is 6.20. The first-order valence-electron chi connectivity index (χ1n) is 7.41. The van der Waals surface area contributed by atoms with Crippen molar-refractivity contribution in [3.63, 3.8) is 0 Å². The number of ether oxygens (including phenoxy) is 2. The maximum absolute atomic E-state index is 11.9. The quantitative estimate of drug-likeness (QED) is 0.799. The molecule has 2 aromatic rings. The Morgan fingerprint density at radius 1 is 1.13 bits per heavy atom. The summed E-state index contributed by atoms with van der Waals surface area (Å²) in [5.74, 6) is 1.32. The number of amides is 1. The first-order chi connectivity index (χ1) is 11.0. The van der Waals surface area contributed by atoms with E-state index < -0.39 is 0 Å². The minimum absolute atomic E-state index is 0.0175. The highest BCUT2D eigenvalue weighted by molar-refractivity contribution is 9.10. The SMILES string of the molecule is Cc1ccccc1OC[C@@H](C)NC(=O)COc1ccc(Br)cc1. The van der Waals surface area contributed by atoms with Crippen LogP contribution >= 0.6 is 15.9 Å². The Hall–Kier alpha value is -2.01. The highest BCUT2D eigenvalue weighted by atomic mass is 79.9. The lowest BCUT2D eigenvalue weighted by Gasteiger charge is -2.16. The van der Waals surface area contributed by atoms with Crippen LogP contribution in [0.2, 0.25) is 0 Å². The Kier molecular flexibility index (Phi) is 6.47. The molecular weight excluding hydrogens is 358 g/mol. The number of rotatable bonds is 7. The van der Waals surface area contributed by atoms with Crippen LogP contribution in [0.1, 0.15) is 12.5 Å². The molecule has 1 amide bonds. The lowest BCUT2D eigenvalue weighted by Crippen LogP contribution is -2.39. The van der Waals surface area contributed by atoms with Crippen LogP contribution < -0.4 is 14.8 Å². The summed E-state index contributed by atoms with van der Waals surface area (Å²) < 4.78 is 12.1. The van der Waals surface area contributed by atoms with E-state index in [4.69, 9.17) is 9.47 Å². The van der Waals surface area contributed by atoms with Crippen LogP contribution in [0.4, 0.5) is 0 Å². The van der Waals surface area contributed by atoms with Crippen molar-refractivity contribution >= 4 is 21.8 Å². The van der Waals surface area contributed by atoms with Crippen molar-refractivity contribution in [1.29, 1.82) is 0 Å². The van der Waals surface area contributed by atoms with Gasteiger partial charge in [0, 0.05) is 4.47 Å². The summed E-state index contributed by atoms with van der Waals surface area (Å²) in [6.45, 7) is 4.28. The second-order valence-electron chi connectivity index (χ2n) is 5.29. The number of halogens is 1. The van der Waals surface area contributed by atoms with Crippen molar-refractivity contribution in [2.75, 3.05) is 13.2 Å². The number of carbonyl (C=O) groups is 1. The third-order valence-corrected chi connectivity index (χ3v) is 3.70. The molecule has 1 atom stereocenters. The Balaban J connectivity index is 1.72. The van der Waals surface area contributed by atoms with Gasteiger partial charge >= 0.3 is 0 Å². The lowest BCUT2D eigenvalue weighted by molar-refractivity contribution is -0.123. The van der Waals surface area contributed by atoms with E-state index in [1.807, 2.05) is 62.4 Å². The van der Waals surface area contributed by atoms with E-state index >= 15 is 0 Å². The highest BCUT2D eigenvalue weighted by Gasteiger charge is 2.09. The average Bonchev–Trinajstić information content (AvgIpc) is 2.53. The molecule has 0 saturated heterocycles. The molecule has 0 heterocycles. The molecule has 4 nitrogen and oxygen atoms in total. The number of nitrogens with one attached hydrogen (secondary N) is 1. The molecule has 5 heteroatoms. The number of benzene rings is 2. The molecular formula is C18H20BrNO3. The topological polar surface area (TPSA) is 47.6 Å². The number of para-hydroxylation sites is 1. The van der Waals surface area contributed by atoms with E-state index in [1.165, 1.54) is 0 Å². The van der Waals surface area contributed by atoms with Crippen molar-refractivity contribution in [1.82, 2.24) is 5.32 Å². The Labute approximate surface area is 144 Å². The van der Waals surface area contributed by atoms with Crippen LogP contribution in [-0.4, -0.2) is 25.2 Å². The van der Waals surface area contributed by atoms with Crippen LogP contribution in [0.15, 0.2) is 53.0 Å². The van der Waals surface area contributed by atoms with Gasteiger partial charge in [-0.2, -0.15) is 0 Å². The minimum Gasteiger partial charge on any atom is -0.491 e. The molecule has 122 valence electrons. The maximum atomic E-state index is 11.9. The normalized spacial score (nSPS) is 11.6. The fourth-order valence-corrected chi connectivity index (χ4v) is 2.24. The van der Waals surface area contributed by atoms with Crippen LogP contribution in [0, 0.1) is 6.92 Å². The Bertz CT molecular complexity index is 643. The third kappa shape index (κ3) is 5.94. The van der Waals surface area contributed by atoms with Crippen LogP contribution in [0.25, 0.3) is 0 Å². The highest BCUT2D eigenvalue weighted by Crippen LogP contribution is 2.17. The molecule has 0 spiro atoms. The molecule has 23 heavy (non-hydrogen) atoms. The van der Waals surface area contributed by atoms with E-state index in [-0.39, 0.29) is 18.6 Å². The zero-order valence-electron chi connectivity index (χ0n) is 13.2. The van der Waals surface area contributed by atoms with Crippen LogP contribution in [0.3, 0.4) is 0 Å². The fourth-order valence-electron chi connectivity index (χ4n) is 1.97. The summed E-state index contributed by atoms with van der Waals surface area (Å²) in [5, 5.41) is 2.85. The third-order valence-electron chi connectivity index (χ3n) is 3.17. The molecule has 0 fully saturated rings. The van der Waals surface area contributed by atoms with E-state index in [1.54, 1.807) is 0 Å². The molecule has 0 radical (unpaired) electrons. The van der Waals surface area contributed by atoms with Gasteiger partial charge in [0.15, 0.2) is 6.61 Å². The molecule has 2 aromatic carbocycles. The van der Waals surface area contributed by atoms with Gasteiger partial charge in [-0.1, -0.05) is 34.1 Å². The summed E-state index contributed by atoms with van der Waals surface area (Å²) in [6.07, 6.45) is 0. The van der Waals surface area contributed by atoms with Crippen LogP contribution in [-0.2, 0) is 4.79 Å². The van der Waals surface area contributed by atoms with Gasteiger partial charge in [-0.3, -0.25) is 4.79 Å². The second kappa shape index (κ2) is 8.58. The van der Waals surface area contributed by atoms with Gasteiger partial charge in [0.05, 0.1) is 6.04 Å². The Morgan fingerprint density at radius 3 is 2.52 bits per heavy atom. The van der Waals surface area contributed by atoms with E-state index in [0.717, 1.165) is 15.8 Å². The van der Waals surface area contributed by atoms with E-state index in [2.05, 4.69) is 21.2 Å². The molecule has 0 aromatic heterocycles. The summed E-state index contributed by atoms with van der Waals surface area (Å²) in [7, 11) is 0. The van der Waals surface area contributed by atoms with Crippen LogP contribution in [0.5, 0.6) is 11.5 Å². The van der Waals surface area contributed by atoms with Crippen molar-refractivity contribution in [2.45, 2.75) is 19.9 Å². The molecule has 2 rings (SSSR count). The lowest BCUT2D eigenvalue weighted by atomic mass is 10.2. The predicted octanol–water partition coefficient (Wildman–Crippen LogP) is 3.72. The molecule has 0 unspecified atom stereocenters. The van der Waals surface area contributed by atoms with Gasteiger partial charge in [-0.15, -0.1) is 0 Å². The molecule has 1 N–H and O–H groups in total. The molecule has 0 bridgehead atoms. The number of aryl methyl sites for hydroxylation is 1. The van der Waals surface area contributed by atoms with Crippen molar-refractivity contribution in [3.05, 3.63) is 58.6 Å². The monoisotopic (exact) mass is 377 g/mol. The minimum atomic E-state index is -0.172. The predicted molar refractivity (Wildman–Crippen MR) is 93.9 cm³/mol. The van der Waals surface area contributed by atoms with Crippen molar-refractivity contribution in [2.24, 2.45) is 0 Å². The van der Waals surface area contributed by atoms with E-state index in [0.29, 0.717) is 12.4 Å². The van der Waals surface area contributed by atoms with E-state index in [9.17, 15) is 4.79 Å². The van der Waals surface area contributed by atoms with Gasteiger partial charge in [0.25, 0.3) is 5.91 Å². The van der Waals surface area contributed by atoms with Gasteiger partial charge in [-0.25, -0.2) is 0 Å². The van der Waals surface area contributed by atoms with Gasteiger partial charge < -0.3 is 14.8 Å². The zero-order valence-corrected chi connectivity index (χ0v) is 14.8. The number of carbonyl (C=O) groups excluding carboxylic acids is 1. The Morgan fingerprint density at radius 2 is 1.83 bits per heavy atom. The number of hydrogen-bond acceptors (Lipinski definition) is 3. The largest absolute Gasteiger partial charge is 0.491 e.